The number of H-pyrrole nitrogens is 1. The number of carbonyl (C=O) groups is 2. The molecule has 1 heterocycles. The molecular formula is C16H16FNO4. The Morgan fingerprint density at radius 3 is 2.55 bits per heavy atom. The average molecular weight is 305 g/mol. The minimum Gasteiger partial charge on any atom is -0.482 e. The summed E-state index contributed by atoms with van der Waals surface area (Å²) < 4.78 is 23.3. The number of benzene rings is 1. The van der Waals surface area contributed by atoms with Gasteiger partial charge >= 0.3 is 5.97 Å². The van der Waals surface area contributed by atoms with Gasteiger partial charge in [-0.2, -0.15) is 0 Å². The molecule has 0 spiro atoms. The first kappa shape index (κ1) is 15.8. The molecule has 0 saturated heterocycles. The van der Waals surface area contributed by atoms with Gasteiger partial charge in [-0.15, -0.1) is 0 Å². The van der Waals surface area contributed by atoms with Crippen LogP contribution in [-0.2, 0) is 4.74 Å². The summed E-state index contributed by atoms with van der Waals surface area (Å²) in [7, 11) is 1.27. The van der Waals surface area contributed by atoms with Gasteiger partial charge in [0.2, 0.25) is 5.78 Å². The monoisotopic (exact) mass is 305 g/mol. The zero-order valence-electron chi connectivity index (χ0n) is 12.5. The number of hydrogen-bond acceptors (Lipinski definition) is 4. The molecule has 2 rings (SSSR count). The second-order valence-corrected chi connectivity index (χ2v) is 4.76. The third-order valence-corrected chi connectivity index (χ3v) is 3.30. The first-order valence-electron chi connectivity index (χ1n) is 6.63. The number of Topliss-reactive ketones (excluding diaryl/α,β-unsaturated/α-hetero) is 1. The molecule has 0 atom stereocenters. The topological polar surface area (TPSA) is 68.4 Å². The Balaban J connectivity index is 2.17. The van der Waals surface area contributed by atoms with Crippen molar-refractivity contribution in [1.82, 2.24) is 4.98 Å². The van der Waals surface area contributed by atoms with Gasteiger partial charge in [0, 0.05) is 5.69 Å². The van der Waals surface area contributed by atoms with Crippen LogP contribution in [-0.4, -0.2) is 30.5 Å². The molecule has 2 aromatic rings. The zero-order valence-corrected chi connectivity index (χ0v) is 12.5. The van der Waals surface area contributed by atoms with Crippen LogP contribution in [0.3, 0.4) is 0 Å². The van der Waals surface area contributed by atoms with Crippen molar-refractivity contribution in [2.75, 3.05) is 13.7 Å². The molecule has 0 saturated carbocycles. The number of carbonyl (C=O) groups excluding carboxylic acids is 2. The minimum atomic E-state index is -0.537. The van der Waals surface area contributed by atoms with Crippen molar-refractivity contribution in [3.8, 4) is 5.75 Å². The van der Waals surface area contributed by atoms with Gasteiger partial charge in [0.15, 0.2) is 18.2 Å². The van der Waals surface area contributed by atoms with E-state index in [1.165, 1.54) is 25.3 Å². The molecule has 22 heavy (non-hydrogen) atoms. The number of nitrogens with one attached hydrogen (secondary N) is 1. The highest BCUT2D eigenvalue weighted by atomic mass is 19.1. The van der Waals surface area contributed by atoms with Crippen molar-refractivity contribution in [2.45, 2.75) is 13.8 Å². The van der Waals surface area contributed by atoms with Gasteiger partial charge in [-0.25, -0.2) is 9.18 Å². The van der Waals surface area contributed by atoms with Crippen LogP contribution in [0.15, 0.2) is 24.3 Å². The fourth-order valence-electron chi connectivity index (χ4n) is 2.21. The number of aromatic nitrogens is 1. The number of aryl methyl sites for hydroxylation is 1. The Hall–Kier alpha value is -2.63. The maximum absolute atomic E-state index is 13.4. The fraction of sp³-hybridized carbons (Fsp3) is 0.250. The zero-order chi connectivity index (χ0) is 16.3. The van der Waals surface area contributed by atoms with Gasteiger partial charge in [0.25, 0.3) is 0 Å². The second kappa shape index (κ2) is 6.43. The minimum absolute atomic E-state index is 0.00460. The quantitative estimate of drug-likeness (QED) is 0.681. The number of hydrogen-bond donors (Lipinski definition) is 1. The van der Waals surface area contributed by atoms with E-state index in [2.05, 4.69) is 9.72 Å². The lowest BCUT2D eigenvalue weighted by Gasteiger charge is -2.06. The summed E-state index contributed by atoms with van der Waals surface area (Å²) in [6, 6.07) is 5.84. The normalized spacial score (nSPS) is 10.4. The summed E-state index contributed by atoms with van der Waals surface area (Å²) in [6.45, 7) is 2.99. The Bertz CT molecular complexity index is 721. The van der Waals surface area contributed by atoms with Gasteiger partial charge in [-0.1, -0.05) is 12.1 Å². The van der Waals surface area contributed by atoms with Crippen LogP contribution in [0.2, 0.25) is 0 Å². The predicted molar refractivity (Wildman–Crippen MR) is 77.8 cm³/mol. The second-order valence-electron chi connectivity index (χ2n) is 4.76. The molecule has 6 heteroatoms. The van der Waals surface area contributed by atoms with Crippen LogP contribution in [0.5, 0.6) is 5.75 Å². The largest absolute Gasteiger partial charge is 0.482 e. The lowest BCUT2D eigenvalue weighted by Crippen LogP contribution is -2.14. The molecule has 116 valence electrons. The molecule has 1 aromatic carbocycles. The van der Waals surface area contributed by atoms with E-state index in [1.807, 2.05) is 0 Å². The Labute approximate surface area is 127 Å². The van der Waals surface area contributed by atoms with Crippen molar-refractivity contribution in [1.29, 1.82) is 0 Å². The Morgan fingerprint density at radius 2 is 1.91 bits per heavy atom. The molecule has 1 N–H and O–H groups in total. The molecule has 1 aromatic heterocycles. The van der Waals surface area contributed by atoms with E-state index in [1.54, 1.807) is 19.9 Å². The van der Waals surface area contributed by atoms with Gasteiger partial charge in [0.05, 0.1) is 18.4 Å². The molecular weight excluding hydrogens is 289 g/mol. The summed E-state index contributed by atoms with van der Waals surface area (Å²) in [5.41, 5.74) is 1.62. The number of esters is 1. The van der Waals surface area contributed by atoms with Gasteiger partial charge < -0.3 is 14.5 Å². The van der Waals surface area contributed by atoms with Crippen LogP contribution >= 0.6 is 0 Å². The third kappa shape index (κ3) is 3.00. The van der Waals surface area contributed by atoms with Gasteiger partial charge in [0.1, 0.15) is 0 Å². The first-order valence-corrected chi connectivity index (χ1v) is 6.63. The van der Waals surface area contributed by atoms with E-state index in [0.29, 0.717) is 16.8 Å². The molecule has 5 nitrogen and oxygen atoms in total. The number of para-hydroxylation sites is 1. The van der Waals surface area contributed by atoms with Crippen molar-refractivity contribution in [3.63, 3.8) is 0 Å². The predicted octanol–water partition coefficient (Wildman–Crippen LogP) is 2.82. The molecule has 0 amide bonds. The fourth-order valence-corrected chi connectivity index (χ4v) is 2.21. The van der Waals surface area contributed by atoms with Crippen LogP contribution in [0.25, 0.3) is 0 Å². The lowest BCUT2D eigenvalue weighted by molar-refractivity contribution is 0.0599. The van der Waals surface area contributed by atoms with Crippen molar-refractivity contribution >= 4 is 11.8 Å². The Morgan fingerprint density at radius 1 is 1.23 bits per heavy atom. The van der Waals surface area contributed by atoms with E-state index in [4.69, 9.17) is 4.74 Å². The highest BCUT2D eigenvalue weighted by Gasteiger charge is 2.22. The van der Waals surface area contributed by atoms with Gasteiger partial charge in [-0.3, -0.25) is 4.79 Å². The first-order chi connectivity index (χ1) is 10.5. The SMILES string of the molecule is COC(=O)c1c(C)[nH]c(C(=O)COc2ccccc2F)c1C. The summed E-state index contributed by atoms with van der Waals surface area (Å²) >= 11 is 0. The number of methoxy groups -OCH3 is 1. The molecule has 0 bridgehead atoms. The summed E-state index contributed by atoms with van der Waals surface area (Å²) in [5.74, 6) is -1.42. The van der Waals surface area contributed by atoms with Crippen molar-refractivity contribution < 1.29 is 23.5 Å². The van der Waals surface area contributed by atoms with E-state index in [0.717, 1.165) is 0 Å². The van der Waals surface area contributed by atoms with Crippen molar-refractivity contribution in [3.05, 3.63) is 52.6 Å². The van der Waals surface area contributed by atoms with Crippen molar-refractivity contribution in [2.24, 2.45) is 0 Å². The number of halogens is 1. The molecule has 0 fully saturated rings. The summed E-state index contributed by atoms with van der Waals surface area (Å²) in [5, 5.41) is 0. The highest BCUT2D eigenvalue weighted by Crippen LogP contribution is 2.20. The van der Waals surface area contributed by atoms with Crippen LogP contribution in [0.4, 0.5) is 4.39 Å². The van der Waals surface area contributed by atoms with Crippen LogP contribution in [0, 0.1) is 19.7 Å². The van der Waals surface area contributed by atoms with Crippen LogP contribution < -0.4 is 4.74 Å². The molecule has 0 unspecified atom stereocenters. The number of ketones is 1. The molecule has 0 aliphatic heterocycles. The standard InChI is InChI=1S/C16H16FNO4/c1-9-14(16(20)21-3)10(2)18-15(9)12(19)8-22-13-7-5-4-6-11(13)17/h4-7,18H,8H2,1-3H3. The highest BCUT2D eigenvalue weighted by molar-refractivity contribution is 6.02. The average Bonchev–Trinajstić information content (AvgIpc) is 2.80. The summed E-state index contributed by atoms with van der Waals surface area (Å²) in [4.78, 5) is 26.7. The number of rotatable bonds is 5. The molecule has 0 radical (unpaired) electrons. The number of ether oxygens (including phenoxy) is 2. The molecule has 0 aliphatic rings. The lowest BCUT2D eigenvalue weighted by atomic mass is 10.1. The maximum Gasteiger partial charge on any atom is 0.339 e. The van der Waals surface area contributed by atoms with E-state index in [-0.39, 0.29) is 23.8 Å². The number of aromatic amines is 1. The third-order valence-electron chi connectivity index (χ3n) is 3.30. The van der Waals surface area contributed by atoms with Crippen LogP contribution in [0.1, 0.15) is 32.1 Å². The molecule has 0 aliphatic carbocycles. The van der Waals surface area contributed by atoms with E-state index < -0.39 is 11.8 Å². The maximum atomic E-state index is 13.4. The Kier molecular flexibility index (Phi) is 4.60. The smallest absolute Gasteiger partial charge is 0.339 e. The van der Waals surface area contributed by atoms with E-state index in [9.17, 15) is 14.0 Å². The summed E-state index contributed by atoms with van der Waals surface area (Å²) in [6.07, 6.45) is 0. The van der Waals surface area contributed by atoms with Gasteiger partial charge in [-0.05, 0) is 31.5 Å². The van der Waals surface area contributed by atoms with E-state index >= 15 is 0 Å².